The molecule has 0 atom stereocenters. The molecule has 0 radical (unpaired) electrons. The van der Waals surface area contributed by atoms with Crippen LogP contribution in [0.4, 0.5) is 11.5 Å². The molecule has 4 aromatic rings. The molecule has 0 aliphatic heterocycles. The summed E-state index contributed by atoms with van der Waals surface area (Å²) in [6, 6.07) is 17.8. The Bertz CT molecular complexity index is 1280. The van der Waals surface area contributed by atoms with Gasteiger partial charge in [-0.15, -0.1) is 0 Å². The number of hydrogen-bond acceptors (Lipinski definition) is 7. The molecular formula is C25H22ClN3O4. The summed E-state index contributed by atoms with van der Waals surface area (Å²) in [6.45, 7) is 0.850. The van der Waals surface area contributed by atoms with Crippen LogP contribution in [0.25, 0.3) is 10.9 Å². The summed E-state index contributed by atoms with van der Waals surface area (Å²) < 4.78 is 16.3. The van der Waals surface area contributed by atoms with Gasteiger partial charge in [-0.25, -0.2) is 9.97 Å². The topological polar surface area (TPSA) is 82.6 Å². The molecule has 0 fully saturated rings. The van der Waals surface area contributed by atoms with Gasteiger partial charge in [0, 0.05) is 35.4 Å². The van der Waals surface area contributed by atoms with Crippen LogP contribution in [0.5, 0.6) is 11.5 Å². The minimum absolute atomic E-state index is 0.134. The Morgan fingerprint density at radius 1 is 0.970 bits per heavy atom. The normalized spacial score (nSPS) is 10.8. The van der Waals surface area contributed by atoms with E-state index in [0.717, 1.165) is 5.39 Å². The molecular weight excluding hydrogens is 442 g/mol. The Morgan fingerprint density at radius 2 is 1.79 bits per heavy atom. The lowest BCUT2D eigenvalue weighted by atomic mass is 10.0. The number of ether oxygens (including phenoxy) is 3. The third-order valence-electron chi connectivity index (χ3n) is 4.98. The van der Waals surface area contributed by atoms with Crippen molar-refractivity contribution >= 4 is 39.8 Å². The van der Waals surface area contributed by atoms with Crippen LogP contribution >= 0.6 is 11.6 Å². The van der Waals surface area contributed by atoms with E-state index in [0.29, 0.717) is 57.9 Å². The van der Waals surface area contributed by atoms with Crippen LogP contribution in [-0.4, -0.2) is 43.2 Å². The predicted molar refractivity (Wildman–Crippen MR) is 128 cm³/mol. The molecule has 4 rings (SSSR count). The molecule has 0 bridgehead atoms. The quantitative estimate of drug-likeness (QED) is 0.266. The summed E-state index contributed by atoms with van der Waals surface area (Å²) in [5.41, 5.74) is 2.38. The lowest BCUT2D eigenvalue weighted by Gasteiger charge is -2.14. The molecule has 0 saturated heterocycles. The van der Waals surface area contributed by atoms with Gasteiger partial charge >= 0.3 is 0 Å². The number of rotatable bonds is 9. The summed E-state index contributed by atoms with van der Waals surface area (Å²) in [7, 11) is 3.19. The van der Waals surface area contributed by atoms with Crippen LogP contribution in [0.2, 0.25) is 5.02 Å². The van der Waals surface area contributed by atoms with Crippen LogP contribution in [0.15, 0.2) is 67.0 Å². The molecule has 7 nitrogen and oxygen atoms in total. The minimum atomic E-state index is -0.134. The highest BCUT2D eigenvalue weighted by atomic mass is 35.5. The standard InChI is InChI=1S/C25H22ClN3O4/c1-31-10-11-33-23-14-21-19(13-22(23)32-2)25(28-15-27-21)29-17-8-9-18(20(26)12-17)24(30)16-6-4-3-5-7-16/h3-9,12-15H,10-11H2,1-2H3,(H,27,28,29). The molecule has 1 aromatic heterocycles. The highest BCUT2D eigenvalue weighted by molar-refractivity contribution is 6.35. The van der Waals surface area contributed by atoms with Gasteiger partial charge in [0.2, 0.25) is 0 Å². The minimum Gasteiger partial charge on any atom is -0.493 e. The van der Waals surface area contributed by atoms with Gasteiger partial charge in [0.1, 0.15) is 18.8 Å². The highest BCUT2D eigenvalue weighted by Crippen LogP contribution is 2.35. The van der Waals surface area contributed by atoms with Crippen LogP contribution in [0.1, 0.15) is 15.9 Å². The van der Waals surface area contributed by atoms with Crippen LogP contribution in [-0.2, 0) is 4.74 Å². The molecule has 0 aliphatic rings. The maximum Gasteiger partial charge on any atom is 0.194 e. The fourth-order valence-corrected chi connectivity index (χ4v) is 3.60. The molecule has 1 heterocycles. The highest BCUT2D eigenvalue weighted by Gasteiger charge is 2.15. The van der Waals surface area contributed by atoms with Crippen LogP contribution < -0.4 is 14.8 Å². The summed E-state index contributed by atoms with van der Waals surface area (Å²) in [5.74, 6) is 1.56. The number of methoxy groups -OCH3 is 2. The van der Waals surface area contributed by atoms with E-state index in [4.69, 9.17) is 25.8 Å². The molecule has 0 unspecified atom stereocenters. The summed E-state index contributed by atoms with van der Waals surface area (Å²) in [4.78, 5) is 21.5. The lowest BCUT2D eigenvalue weighted by Crippen LogP contribution is -2.06. The number of halogens is 1. The van der Waals surface area contributed by atoms with Gasteiger partial charge in [-0.2, -0.15) is 0 Å². The van der Waals surface area contributed by atoms with Crippen LogP contribution in [0, 0.1) is 0 Å². The molecule has 1 N–H and O–H groups in total. The lowest BCUT2D eigenvalue weighted by molar-refractivity contribution is 0.103. The number of carbonyl (C=O) groups excluding carboxylic acids is 1. The number of fused-ring (bicyclic) bond motifs is 1. The van der Waals surface area contributed by atoms with Crippen molar-refractivity contribution in [3.05, 3.63) is 83.1 Å². The molecule has 168 valence electrons. The Kier molecular flexibility index (Phi) is 7.02. The first-order valence-electron chi connectivity index (χ1n) is 10.2. The van der Waals surface area contributed by atoms with Crippen molar-refractivity contribution in [1.82, 2.24) is 9.97 Å². The summed E-state index contributed by atoms with van der Waals surface area (Å²) in [5, 5.41) is 4.34. The molecule has 8 heteroatoms. The molecule has 33 heavy (non-hydrogen) atoms. The van der Waals surface area contributed by atoms with Crippen LogP contribution in [0.3, 0.4) is 0 Å². The zero-order valence-corrected chi connectivity index (χ0v) is 18.9. The van der Waals surface area contributed by atoms with E-state index in [1.165, 1.54) is 6.33 Å². The third kappa shape index (κ3) is 5.05. The van der Waals surface area contributed by atoms with E-state index in [1.54, 1.807) is 50.6 Å². The Morgan fingerprint density at radius 3 is 2.52 bits per heavy atom. The third-order valence-corrected chi connectivity index (χ3v) is 5.29. The monoisotopic (exact) mass is 463 g/mol. The van der Waals surface area contributed by atoms with E-state index < -0.39 is 0 Å². The number of carbonyl (C=O) groups is 1. The van der Waals surface area contributed by atoms with Gasteiger partial charge in [-0.05, 0) is 24.3 Å². The first kappa shape index (κ1) is 22.5. The van der Waals surface area contributed by atoms with Crippen molar-refractivity contribution in [3.8, 4) is 11.5 Å². The Balaban J connectivity index is 1.62. The predicted octanol–water partition coefficient (Wildman–Crippen LogP) is 5.29. The van der Waals surface area contributed by atoms with Gasteiger partial charge < -0.3 is 19.5 Å². The van der Waals surface area contributed by atoms with E-state index >= 15 is 0 Å². The zero-order valence-electron chi connectivity index (χ0n) is 18.2. The van der Waals surface area contributed by atoms with Crippen molar-refractivity contribution in [2.45, 2.75) is 0 Å². The number of aromatic nitrogens is 2. The van der Waals surface area contributed by atoms with E-state index in [9.17, 15) is 4.79 Å². The van der Waals surface area contributed by atoms with Crippen molar-refractivity contribution < 1.29 is 19.0 Å². The zero-order chi connectivity index (χ0) is 23.2. The van der Waals surface area contributed by atoms with Gasteiger partial charge in [-0.3, -0.25) is 4.79 Å². The van der Waals surface area contributed by atoms with E-state index in [-0.39, 0.29) is 5.78 Å². The smallest absolute Gasteiger partial charge is 0.194 e. The van der Waals surface area contributed by atoms with Gasteiger partial charge in [0.25, 0.3) is 0 Å². The number of anilines is 2. The van der Waals surface area contributed by atoms with Crippen molar-refractivity contribution in [2.24, 2.45) is 0 Å². The number of hydrogen-bond donors (Lipinski definition) is 1. The summed E-state index contributed by atoms with van der Waals surface area (Å²) in [6.07, 6.45) is 1.46. The largest absolute Gasteiger partial charge is 0.493 e. The van der Waals surface area contributed by atoms with E-state index in [2.05, 4.69) is 15.3 Å². The fraction of sp³-hybridized carbons (Fsp3) is 0.160. The molecule has 0 aliphatic carbocycles. The van der Waals surface area contributed by atoms with Crippen molar-refractivity contribution in [2.75, 3.05) is 32.8 Å². The second-order valence-electron chi connectivity index (χ2n) is 7.10. The van der Waals surface area contributed by atoms with Crippen molar-refractivity contribution in [3.63, 3.8) is 0 Å². The van der Waals surface area contributed by atoms with Crippen molar-refractivity contribution in [1.29, 1.82) is 0 Å². The molecule has 0 spiro atoms. The number of nitrogens with zero attached hydrogens (tertiary/aromatic N) is 2. The maximum atomic E-state index is 12.7. The second-order valence-corrected chi connectivity index (χ2v) is 7.51. The first-order chi connectivity index (χ1) is 16.1. The van der Waals surface area contributed by atoms with E-state index in [1.807, 2.05) is 24.3 Å². The van der Waals surface area contributed by atoms with Gasteiger partial charge in [0.15, 0.2) is 17.3 Å². The van der Waals surface area contributed by atoms with Gasteiger partial charge in [0.05, 0.1) is 24.3 Å². The first-order valence-corrected chi connectivity index (χ1v) is 10.6. The molecule has 0 saturated carbocycles. The number of benzene rings is 3. The summed E-state index contributed by atoms with van der Waals surface area (Å²) >= 11 is 6.45. The fourth-order valence-electron chi connectivity index (χ4n) is 3.33. The Labute approximate surface area is 196 Å². The average molecular weight is 464 g/mol. The number of nitrogens with one attached hydrogen (secondary N) is 1. The average Bonchev–Trinajstić information content (AvgIpc) is 2.84. The maximum absolute atomic E-state index is 12.7. The Hall–Kier alpha value is -3.68. The van der Waals surface area contributed by atoms with Gasteiger partial charge in [-0.1, -0.05) is 41.9 Å². The molecule has 0 amide bonds. The number of ketones is 1. The molecule has 3 aromatic carbocycles. The SMILES string of the molecule is COCCOc1cc2ncnc(Nc3ccc(C(=O)c4ccccc4)c(Cl)c3)c2cc1OC. The second kappa shape index (κ2) is 10.3.